The number of nitrogens with zero attached hydrogens (tertiary/aromatic N) is 2. The molecular formula is C13H22N2O3S. The Morgan fingerprint density at radius 1 is 1.26 bits per heavy atom. The van der Waals surface area contributed by atoms with Crippen LogP contribution in [0.3, 0.4) is 0 Å². The summed E-state index contributed by atoms with van der Waals surface area (Å²) in [6, 6.07) is -0.750. The van der Waals surface area contributed by atoms with Gasteiger partial charge in [0.25, 0.3) is 0 Å². The zero-order valence-corrected chi connectivity index (χ0v) is 12.4. The highest BCUT2D eigenvalue weighted by molar-refractivity contribution is 7.99. The number of carbonyl (C=O) groups excluding carboxylic acids is 1. The van der Waals surface area contributed by atoms with E-state index in [2.05, 4.69) is 13.8 Å². The van der Waals surface area contributed by atoms with E-state index in [1.165, 1.54) is 16.7 Å². The summed E-state index contributed by atoms with van der Waals surface area (Å²) in [7, 11) is 0. The lowest BCUT2D eigenvalue weighted by molar-refractivity contribution is -0.141. The van der Waals surface area contributed by atoms with Gasteiger partial charge in [0.1, 0.15) is 6.04 Å². The molecule has 0 aromatic heterocycles. The number of thioether (sulfide) groups is 1. The number of carbonyl (C=O) groups is 2. The molecule has 0 aromatic rings. The Labute approximate surface area is 118 Å². The molecule has 2 rings (SSSR count). The second-order valence-electron chi connectivity index (χ2n) is 5.67. The minimum atomic E-state index is -0.893. The second-order valence-corrected chi connectivity index (χ2v) is 6.67. The fourth-order valence-electron chi connectivity index (χ4n) is 2.77. The van der Waals surface area contributed by atoms with E-state index in [1.54, 1.807) is 0 Å². The largest absolute Gasteiger partial charge is 0.480 e. The Balaban J connectivity index is 1.92. The fraction of sp³-hybridized carbons (Fsp3) is 0.846. The number of hydrogen-bond acceptors (Lipinski definition) is 3. The van der Waals surface area contributed by atoms with E-state index in [0.717, 1.165) is 25.9 Å². The van der Waals surface area contributed by atoms with Gasteiger partial charge < -0.3 is 14.9 Å². The van der Waals surface area contributed by atoms with Crippen molar-refractivity contribution in [3.63, 3.8) is 0 Å². The zero-order chi connectivity index (χ0) is 14.0. The van der Waals surface area contributed by atoms with Crippen molar-refractivity contribution in [1.82, 2.24) is 9.80 Å². The Hall–Kier alpha value is -0.910. The van der Waals surface area contributed by atoms with E-state index >= 15 is 0 Å². The highest BCUT2D eigenvalue weighted by Crippen LogP contribution is 2.27. The molecule has 2 heterocycles. The Kier molecular flexibility index (Phi) is 4.60. The molecule has 0 saturated carbocycles. The summed E-state index contributed by atoms with van der Waals surface area (Å²) < 4.78 is 0. The van der Waals surface area contributed by atoms with Gasteiger partial charge in [0.15, 0.2) is 0 Å². The van der Waals surface area contributed by atoms with Crippen LogP contribution >= 0.6 is 11.8 Å². The summed E-state index contributed by atoms with van der Waals surface area (Å²) in [6.07, 6.45) is 2.06. The van der Waals surface area contributed by atoms with Crippen molar-refractivity contribution in [2.24, 2.45) is 11.8 Å². The Morgan fingerprint density at radius 3 is 2.42 bits per heavy atom. The molecule has 0 bridgehead atoms. The van der Waals surface area contributed by atoms with Crippen molar-refractivity contribution in [1.29, 1.82) is 0 Å². The van der Waals surface area contributed by atoms with Crippen LogP contribution in [-0.2, 0) is 4.79 Å². The maximum Gasteiger partial charge on any atom is 0.327 e. The number of rotatable bonds is 2. The molecule has 2 aliphatic heterocycles. The average molecular weight is 286 g/mol. The SMILES string of the molecule is CC(C)C1CCN(C(=O)N2CSCC2C(=O)O)CC1. The molecule has 0 spiro atoms. The Bertz CT molecular complexity index is 354. The highest BCUT2D eigenvalue weighted by Gasteiger charge is 2.37. The van der Waals surface area contributed by atoms with Gasteiger partial charge in [0.2, 0.25) is 0 Å². The molecule has 1 atom stereocenters. The van der Waals surface area contributed by atoms with E-state index < -0.39 is 12.0 Å². The van der Waals surface area contributed by atoms with Crippen LogP contribution in [-0.4, -0.2) is 57.7 Å². The number of urea groups is 1. The monoisotopic (exact) mass is 286 g/mol. The first-order chi connectivity index (χ1) is 9.00. The number of carboxylic acids is 1. The molecule has 2 fully saturated rings. The van der Waals surface area contributed by atoms with Crippen LogP contribution < -0.4 is 0 Å². The molecule has 5 nitrogen and oxygen atoms in total. The van der Waals surface area contributed by atoms with Gasteiger partial charge in [-0.1, -0.05) is 13.8 Å². The molecule has 0 radical (unpaired) electrons. The minimum Gasteiger partial charge on any atom is -0.480 e. The van der Waals surface area contributed by atoms with Gasteiger partial charge in [-0.05, 0) is 24.7 Å². The van der Waals surface area contributed by atoms with Gasteiger partial charge in [0, 0.05) is 18.8 Å². The maximum atomic E-state index is 12.4. The highest BCUT2D eigenvalue weighted by atomic mass is 32.2. The van der Waals surface area contributed by atoms with Gasteiger partial charge in [-0.25, -0.2) is 9.59 Å². The quantitative estimate of drug-likeness (QED) is 0.842. The zero-order valence-electron chi connectivity index (χ0n) is 11.5. The van der Waals surface area contributed by atoms with Crippen molar-refractivity contribution < 1.29 is 14.7 Å². The lowest BCUT2D eigenvalue weighted by Crippen LogP contribution is -2.51. The number of aliphatic carboxylic acids is 1. The van der Waals surface area contributed by atoms with Crippen LogP contribution in [0.15, 0.2) is 0 Å². The van der Waals surface area contributed by atoms with Crippen molar-refractivity contribution in [2.45, 2.75) is 32.7 Å². The number of hydrogen-bond donors (Lipinski definition) is 1. The topological polar surface area (TPSA) is 60.9 Å². The normalized spacial score (nSPS) is 25.1. The van der Waals surface area contributed by atoms with E-state index in [-0.39, 0.29) is 6.03 Å². The Morgan fingerprint density at radius 2 is 1.89 bits per heavy atom. The van der Waals surface area contributed by atoms with Crippen molar-refractivity contribution in [3.05, 3.63) is 0 Å². The molecule has 1 unspecified atom stereocenters. The molecular weight excluding hydrogens is 264 g/mol. The summed E-state index contributed by atoms with van der Waals surface area (Å²) in [6.45, 7) is 5.96. The molecule has 2 saturated heterocycles. The molecule has 2 amide bonds. The first-order valence-electron chi connectivity index (χ1n) is 6.86. The first-order valence-corrected chi connectivity index (χ1v) is 8.02. The fourth-order valence-corrected chi connectivity index (χ4v) is 3.91. The molecule has 6 heteroatoms. The smallest absolute Gasteiger partial charge is 0.327 e. The molecule has 0 aliphatic carbocycles. The summed E-state index contributed by atoms with van der Waals surface area (Å²) in [5, 5.41) is 9.12. The standard InChI is InChI=1S/C13H22N2O3S/c1-9(2)10-3-5-14(6-4-10)13(18)15-8-19-7-11(15)12(16)17/h9-11H,3-8H2,1-2H3,(H,16,17). The van der Waals surface area contributed by atoms with Crippen LogP contribution in [0.4, 0.5) is 4.79 Å². The van der Waals surface area contributed by atoms with Crippen LogP contribution in [0.1, 0.15) is 26.7 Å². The third-order valence-electron chi connectivity index (χ3n) is 4.17. The van der Waals surface area contributed by atoms with E-state index in [4.69, 9.17) is 5.11 Å². The number of piperidine rings is 1. The van der Waals surface area contributed by atoms with Crippen LogP contribution in [0.2, 0.25) is 0 Å². The van der Waals surface area contributed by atoms with Gasteiger partial charge >= 0.3 is 12.0 Å². The maximum absolute atomic E-state index is 12.4. The van der Waals surface area contributed by atoms with Gasteiger partial charge in [-0.3, -0.25) is 0 Å². The third-order valence-corrected chi connectivity index (χ3v) is 5.18. The molecule has 1 N–H and O–H groups in total. The predicted molar refractivity (Wildman–Crippen MR) is 75.1 cm³/mol. The number of amides is 2. The molecule has 108 valence electrons. The van der Waals surface area contributed by atoms with Crippen molar-refractivity contribution in [2.75, 3.05) is 24.7 Å². The molecule has 19 heavy (non-hydrogen) atoms. The van der Waals surface area contributed by atoms with E-state index in [9.17, 15) is 9.59 Å². The second kappa shape index (κ2) is 6.03. The van der Waals surface area contributed by atoms with Gasteiger partial charge in [-0.2, -0.15) is 0 Å². The van der Waals surface area contributed by atoms with Gasteiger partial charge in [-0.15, -0.1) is 11.8 Å². The summed E-state index contributed by atoms with van der Waals surface area (Å²) in [5.41, 5.74) is 0. The van der Waals surface area contributed by atoms with E-state index in [1.807, 2.05) is 4.90 Å². The van der Waals surface area contributed by atoms with Crippen molar-refractivity contribution >= 4 is 23.8 Å². The summed E-state index contributed by atoms with van der Waals surface area (Å²) >= 11 is 1.51. The molecule has 0 aromatic carbocycles. The summed E-state index contributed by atoms with van der Waals surface area (Å²) in [5.74, 6) is 1.46. The lowest BCUT2D eigenvalue weighted by atomic mass is 9.87. The predicted octanol–water partition coefficient (Wildman–Crippen LogP) is 1.93. The van der Waals surface area contributed by atoms with Crippen LogP contribution in [0.5, 0.6) is 0 Å². The van der Waals surface area contributed by atoms with Crippen molar-refractivity contribution in [3.8, 4) is 0 Å². The average Bonchev–Trinajstić information content (AvgIpc) is 2.87. The van der Waals surface area contributed by atoms with E-state index in [0.29, 0.717) is 23.5 Å². The number of likely N-dealkylation sites (tertiary alicyclic amines) is 1. The van der Waals surface area contributed by atoms with Crippen LogP contribution in [0, 0.1) is 11.8 Å². The molecule has 2 aliphatic rings. The first kappa shape index (κ1) is 14.5. The lowest BCUT2D eigenvalue weighted by Gasteiger charge is -2.36. The van der Waals surface area contributed by atoms with Gasteiger partial charge in [0.05, 0.1) is 5.88 Å². The third kappa shape index (κ3) is 3.16. The summed E-state index contributed by atoms with van der Waals surface area (Å²) in [4.78, 5) is 26.8. The minimum absolute atomic E-state index is 0.0976. The van der Waals surface area contributed by atoms with Crippen LogP contribution in [0.25, 0.3) is 0 Å². The number of carboxylic acid groups (broad SMARTS) is 1.